The zero-order valence-electron chi connectivity index (χ0n) is 26.8. The molecule has 2 fully saturated rings. The Bertz CT molecular complexity index is 2060. The van der Waals surface area contributed by atoms with Crippen molar-refractivity contribution < 1.29 is 9.18 Å². The fourth-order valence-corrected chi connectivity index (χ4v) is 7.48. The molecule has 0 radical (unpaired) electrons. The third kappa shape index (κ3) is 6.73. The molecule has 7 rings (SSSR count). The van der Waals surface area contributed by atoms with Crippen molar-refractivity contribution in [2.45, 2.75) is 57.7 Å². The summed E-state index contributed by atoms with van der Waals surface area (Å²) in [6.45, 7) is 6.91. The summed E-state index contributed by atoms with van der Waals surface area (Å²) < 4.78 is 17.1. The normalized spacial score (nSPS) is 18.9. The first kappa shape index (κ1) is 32.0. The Balaban J connectivity index is 1.17. The van der Waals surface area contributed by atoms with E-state index in [2.05, 4.69) is 49.8 Å². The lowest BCUT2D eigenvalue weighted by Crippen LogP contribution is -2.45. The van der Waals surface area contributed by atoms with Crippen molar-refractivity contribution in [1.82, 2.24) is 34.6 Å². The summed E-state index contributed by atoms with van der Waals surface area (Å²) in [5.74, 6) is -0.871. The maximum atomic E-state index is 14.5. The van der Waals surface area contributed by atoms with E-state index in [9.17, 15) is 18.8 Å². The van der Waals surface area contributed by atoms with Gasteiger partial charge >= 0.3 is 5.69 Å². The fourth-order valence-electron chi connectivity index (χ4n) is 6.89. The molecule has 12 heteroatoms. The average molecular weight is 668 g/mol. The van der Waals surface area contributed by atoms with Gasteiger partial charge in [-0.05, 0) is 87.0 Å². The van der Waals surface area contributed by atoms with Crippen LogP contribution in [0.25, 0.3) is 27.8 Å². The van der Waals surface area contributed by atoms with Crippen LogP contribution in [0.15, 0.2) is 75.8 Å². The van der Waals surface area contributed by atoms with E-state index >= 15 is 0 Å². The number of nitrogens with one attached hydrogen (secondary N) is 2. The van der Waals surface area contributed by atoms with Crippen molar-refractivity contribution in [2.24, 2.45) is 0 Å². The van der Waals surface area contributed by atoms with E-state index in [1.165, 1.54) is 26.0 Å². The molecule has 5 aromatic rings. The Labute approximate surface area is 281 Å². The number of nitrogens with zero attached hydrogens (tertiary/aromatic N) is 5. The zero-order chi connectivity index (χ0) is 33.2. The summed E-state index contributed by atoms with van der Waals surface area (Å²) >= 11 is 1.42. The van der Waals surface area contributed by atoms with Crippen molar-refractivity contribution in [3.8, 4) is 16.8 Å². The van der Waals surface area contributed by atoms with E-state index in [4.69, 9.17) is 0 Å². The first-order chi connectivity index (χ1) is 23.3. The van der Waals surface area contributed by atoms with Gasteiger partial charge < -0.3 is 10.6 Å². The minimum Gasteiger partial charge on any atom is -0.348 e. The summed E-state index contributed by atoms with van der Waals surface area (Å²) in [7, 11) is 0. The van der Waals surface area contributed by atoms with Crippen LogP contribution < -0.4 is 21.9 Å². The monoisotopic (exact) mass is 667 g/mol. The second-order valence-electron chi connectivity index (χ2n) is 12.7. The second kappa shape index (κ2) is 13.9. The Morgan fingerprint density at radius 1 is 1.02 bits per heavy atom. The smallest absolute Gasteiger partial charge is 0.337 e. The molecule has 0 unspecified atom stereocenters. The van der Waals surface area contributed by atoms with Crippen LogP contribution in [0.2, 0.25) is 0 Å². The summed E-state index contributed by atoms with van der Waals surface area (Å²) in [6, 6.07) is 16.7. The van der Waals surface area contributed by atoms with Gasteiger partial charge in [0, 0.05) is 37.1 Å². The summed E-state index contributed by atoms with van der Waals surface area (Å²) in [5.41, 5.74) is 3.11. The van der Waals surface area contributed by atoms with Gasteiger partial charge in [0.25, 0.3) is 11.5 Å². The van der Waals surface area contributed by atoms with E-state index < -0.39 is 23.1 Å². The van der Waals surface area contributed by atoms with Gasteiger partial charge in [-0.1, -0.05) is 36.4 Å². The molecule has 0 bridgehead atoms. The van der Waals surface area contributed by atoms with E-state index in [1.54, 1.807) is 11.4 Å². The Kier molecular flexibility index (Phi) is 9.29. The van der Waals surface area contributed by atoms with Crippen molar-refractivity contribution in [2.75, 3.05) is 26.2 Å². The first-order valence-electron chi connectivity index (χ1n) is 16.5. The number of rotatable bonds is 7. The lowest BCUT2D eigenvalue weighted by atomic mass is 9.90. The van der Waals surface area contributed by atoms with Crippen molar-refractivity contribution >= 4 is 28.3 Å². The van der Waals surface area contributed by atoms with Gasteiger partial charge in [0.15, 0.2) is 5.65 Å². The Morgan fingerprint density at radius 2 is 1.83 bits per heavy atom. The number of aryl methyl sites for hydroxylation is 1. The lowest BCUT2D eigenvalue weighted by Gasteiger charge is -2.30. The van der Waals surface area contributed by atoms with Gasteiger partial charge in [0.05, 0.1) is 22.3 Å². The number of pyridine rings is 1. The molecule has 4 heterocycles. The van der Waals surface area contributed by atoms with Crippen LogP contribution in [0.3, 0.4) is 0 Å². The molecular formula is C36H38FN7O3S. The van der Waals surface area contributed by atoms with Crippen LogP contribution in [0.4, 0.5) is 4.39 Å². The number of benzene rings is 2. The van der Waals surface area contributed by atoms with Crippen LogP contribution in [-0.2, 0) is 6.54 Å². The molecule has 2 aliphatic rings. The molecule has 1 amide bonds. The number of thiazole rings is 1. The fraction of sp³-hybridized carbons (Fsp3) is 0.361. The van der Waals surface area contributed by atoms with Crippen molar-refractivity contribution in [3.63, 3.8) is 0 Å². The maximum Gasteiger partial charge on any atom is 0.337 e. The number of hydrogen-bond acceptors (Lipinski definition) is 8. The summed E-state index contributed by atoms with van der Waals surface area (Å²) in [4.78, 5) is 51.7. The van der Waals surface area contributed by atoms with Gasteiger partial charge in [-0.2, -0.15) is 0 Å². The SMILES string of the molecule is Cc1nc(C(=O)N[C@H]2CC[C@@H](n3c(=O)c4cc(F)cnc4n(-c4cccc(-c5ccc(CN6CCCNCC6)cc5)c4)c3=O)CC2)cs1. The minimum absolute atomic E-state index is 0.0439. The third-order valence-corrected chi connectivity index (χ3v) is 10.1. The number of amides is 1. The van der Waals surface area contributed by atoms with Gasteiger partial charge in [0.2, 0.25) is 0 Å². The van der Waals surface area contributed by atoms with E-state index in [0.717, 1.165) is 67.5 Å². The van der Waals surface area contributed by atoms with Crippen LogP contribution >= 0.6 is 11.3 Å². The second-order valence-corrected chi connectivity index (χ2v) is 13.7. The minimum atomic E-state index is -0.648. The summed E-state index contributed by atoms with van der Waals surface area (Å²) in [5, 5.41) is 9.09. The molecule has 248 valence electrons. The molecule has 1 aliphatic carbocycles. The van der Waals surface area contributed by atoms with Crippen LogP contribution in [0, 0.1) is 12.7 Å². The predicted molar refractivity (Wildman–Crippen MR) is 185 cm³/mol. The highest BCUT2D eigenvalue weighted by Gasteiger charge is 2.28. The van der Waals surface area contributed by atoms with Crippen molar-refractivity contribution in [3.05, 3.63) is 109 Å². The molecule has 10 nitrogen and oxygen atoms in total. The van der Waals surface area contributed by atoms with Crippen LogP contribution in [-0.4, -0.2) is 62.1 Å². The number of carbonyl (C=O) groups is 1. The highest BCUT2D eigenvalue weighted by Crippen LogP contribution is 2.29. The highest BCUT2D eigenvalue weighted by atomic mass is 32.1. The molecule has 2 N–H and O–H groups in total. The van der Waals surface area contributed by atoms with Crippen LogP contribution in [0.5, 0.6) is 0 Å². The van der Waals surface area contributed by atoms with E-state index in [0.29, 0.717) is 37.1 Å². The number of hydrogen-bond donors (Lipinski definition) is 2. The largest absolute Gasteiger partial charge is 0.348 e. The number of aromatic nitrogens is 4. The topological polar surface area (TPSA) is 114 Å². The van der Waals surface area contributed by atoms with E-state index in [-0.39, 0.29) is 23.0 Å². The molecular weight excluding hydrogens is 630 g/mol. The van der Waals surface area contributed by atoms with Gasteiger partial charge in [-0.25, -0.2) is 23.7 Å². The zero-order valence-corrected chi connectivity index (χ0v) is 27.6. The highest BCUT2D eigenvalue weighted by molar-refractivity contribution is 7.09. The maximum absolute atomic E-state index is 14.5. The molecule has 1 saturated carbocycles. The van der Waals surface area contributed by atoms with Crippen LogP contribution in [0.1, 0.15) is 59.2 Å². The molecule has 1 aliphatic heterocycles. The Hall–Kier alpha value is -4.52. The lowest BCUT2D eigenvalue weighted by molar-refractivity contribution is 0.0917. The quantitative estimate of drug-likeness (QED) is 0.256. The van der Waals surface area contributed by atoms with Gasteiger partial charge in [0.1, 0.15) is 11.5 Å². The third-order valence-electron chi connectivity index (χ3n) is 9.37. The molecule has 0 spiro atoms. The van der Waals surface area contributed by atoms with E-state index in [1.807, 2.05) is 25.1 Å². The van der Waals surface area contributed by atoms with Gasteiger partial charge in [-0.3, -0.25) is 19.1 Å². The van der Waals surface area contributed by atoms with Crippen molar-refractivity contribution in [1.29, 1.82) is 0 Å². The number of fused-ring (bicyclic) bond motifs is 1. The molecule has 48 heavy (non-hydrogen) atoms. The summed E-state index contributed by atoms with van der Waals surface area (Å²) in [6.07, 6.45) is 4.36. The molecule has 1 saturated heterocycles. The average Bonchev–Trinajstić information content (AvgIpc) is 3.37. The molecule has 2 aromatic carbocycles. The first-order valence-corrected chi connectivity index (χ1v) is 17.4. The Morgan fingerprint density at radius 3 is 2.60 bits per heavy atom. The molecule has 3 aromatic heterocycles. The molecule has 0 atom stereocenters. The number of halogens is 1. The predicted octanol–water partition coefficient (Wildman–Crippen LogP) is 4.83. The van der Waals surface area contributed by atoms with Gasteiger partial charge in [-0.15, -0.1) is 11.3 Å². The standard InChI is InChI=1S/C36H38FN7O3S/c1-23-40-32(22-48-23)34(45)41-28-10-12-29(13-11-28)44-35(46)31-19-27(37)20-39-33(31)43(36(44)47)30-5-2-4-26(18-30)25-8-6-24(7-9-25)21-42-16-3-14-38-15-17-42/h2,4-9,18-20,22,28-29,38H,3,10-17,21H2,1H3,(H,41,45)/t28-,29+. The number of carbonyl (C=O) groups excluding carboxylic acids is 1.